The minimum Gasteiger partial charge on any atom is -0.310 e. The Bertz CT molecular complexity index is 3960. The Balaban J connectivity index is 1.13. The monoisotopic (exact) mass is 913 g/mol. The summed E-state index contributed by atoms with van der Waals surface area (Å²) in [6.45, 7) is 0. The fourth-order valence-corrected chi connectivity index (χ4v) is 12.6. The van der Waals surface area contributed by atoms with Crippen LogP contribution in [0, 0.1) is 0 Å². The van der Waals surface area contributed by atoms with Crippen LogP contribution in [0.25, 0.3) is 107 Å². The van der Waals surface area contributed by atoms with Crippen LogP contribution >= 0.6 is 22.7 Å². The second kappa shape index (κ2) is 17.4. The molecule has 2 aromatic heterocycles. The molecular formula is C66H43NS2. The number of fused-ring (bicyclic) bond motifs is 6. The summed E-state index contributed by atoms with van der Waals surface area (Å²) >= 11 is 3.73. The lowest BCUT2D eigenvalue weighted by Gasteiger charge is -2.31. The molecule has 2 heterocycles. The van der Waals surface area contributed by atoms with Crippen LogP contribution in [0.5, 0.6) is 0 Å². The first-order chi connectivity index (χ1) is 34.2. The number of hydrogen-bond acceptors (Lipinski definition) is 3. The maximum atomic E-state index is 2.52. The fourth-order valence-electron chi connectivity index (χ4n) is 10.3. The van der Waals surface area contributed by atoms with Gasteiger partial charge in [0.25, 0.3) is 0 Å². The van der Waals surface area contributed by atoms with E-state index >= 15 is 0 Å². The van der Waals surface area contributed by atoms with Gasteiger partial charge in [0.1, 0.15) is 0 Å². The number of rotatable bonds is 9. The number of anilines is 3. The molecule has 324 valence electrons. The lowest BCUT2D eigenvalue weighted by Crippen LogP contribution is -2.12. The summed E-state index contributed by atoms with van der Waals surface area (Å²) in [4.78, 5) is 2.52. The van der Waals surface area contributed by atoms with Gasteiger partial charge in [0.05, 0.1) is 5.69 Å². The first-order valence-electron chi connectivity index (χ1n) is 23.5. The Morgan fingerprint density at radius 2 is 0.667 bits per heavy atom. The minimum absolute atomic E-state index is 1.07. The molecule has 0 unspecified atom stereocenters. The van der Waals surface area contributed by atoms with Crippen LogP contribution in [0.3, 0.4) is 0 Å². The topological polar surface area (TPSA) is 3.24 Å². The first kappa shape index (κ1) is 40.9. The Morgan fingerprint density at radius 3 is 1.30 bits per heavy atom. The molecule has 0 amide bonds. The van der Waals surface area contributed by atoms with Crippen molar-refractivity contribution in [3.63, 3.8) is 0 Å². The van der Waals surface area contributed by atoms with Crippen molar-refractivity contribution in [2.45, 2.75) is 0 Å². The van der Waals surface area contributed by atoms with Gasteiger partial charge in [-0.25, -0.2) is 0 Å². The summed E-state index contributed by atoms with van der Waals surface area (Å²) in [5.41, 5.74) is 17.4. The van der Waals surface area contributed by atoms with Gasteiger partial charge in [-0.2, -0.15) is 0 Å². The van der Waals surface area contributed by atoms with E-state index in [1.807, 2.05) is 22.7 Å². The Kier molecular flexibility index (Phi) is 10.3. The quantitative estimate of drug-likeness (QED) is 0.139. The molecule has 13 aromatic rings. The number of benzene rings is 11. The van der Waals surface area contributed by atoms with Crippen molar-refractivity contribution in [3.05, 3.63) is 261 Å². The van der Waals surface area contributed by atoms with E-state index in [9.17, 15) is 0 Å². The lowest BCUT2D eigenvalue weighted by atomic mass is 9.88. The molecule has 0 atom stereocenters. The number of hydrogen-bond donors (Lipinski definition) is 0. The molecular weight excluding hydrogens is 871 g/mol. The van der Waals surface area contributed by atoms with Crippen molar-refractivity contribution in [1.29, 1.82) is 0 Å². The molecule has 0 bridgehead atoms. The molecule has 11 aromatic carbocycles. The van der Waals surface area contributed by atoms with Crippen molar-refractivity contribution in [1.82, 2.24) is 0 Å². The van der Waals surface area contributed by atoms with E-state index in [1.165, 1.54) is 90.4 Å². The van der Waals surface area contributed by atoms with Gasteiger partial charge >= 0.3 is 0 Å². The van der Waals surface area contributed by atoms with Crippen molar-refractivity contribution >= 4 is 80.1 Å². The van der Waals surface area contributed by atoms with Gasteiger partial charge in [-0.3, -0.25) is 0 Å². The second-order valence-corrected chi connectivity index (χ2v) is 19.8. The van der Waals surface area contributed by atoms with Gasteiger partial charge in [0, 0.05) is 57.3 Å². The average Bonchev–Trinajstić information content (AvgIpc) is 4.01. The highest BCUT2D eigenvalue weighted by molar-refractivity contribution is 7.26. The molecule has 13 rings (SSSR count). The van der Waals surface area contributed by atoms with E-state index in [0.717, 1.165) is 33.8 Å². The smallest absolute Gasteiger partial charge is 0.0546 e. The van der Waals surface area contributed by atoms with Crippen LogP contribution in [0.2, 0.25) is 0 Å². The first-order valence-corrected chi connectivity index (χ1v) is 25.1. The van der Waals surface area contributed by atoms with Crippen molar-refractivity contribution in [3.8, 4) is 66.8 Å². The molecule has 0 saturated heterocycles. The zero-order valence-electron chi connectivity index (χ0n) is 37.6. The van der Waals surface area contributed by atoms with Crippen LogP contribution < -0.4 is 4.90 Å². The summed E-state index contributed by atoms with van der Waals surface area (Å²) in [6.07, 6.45) is 0. The molecule has 0 N–H and O–H groups in total. The molecule has 69 heavy (non-hydrogen) atoms. The molecule has 0 fully saturated rings. The van der Waals surface area contributed by atoms with E-state index in [4.69, 9.17) is 0 Å². The maximum Gasteiger partial charge on any atom is 0.0546 e. The lowest BCUT2D eigenvalue weighted by molar-refractivity contribution is 1.28. The second-order valence-electron chi connectivity index (χ2n) is 17.6. The van der Waals surface area contributed by atoms with Crippen LogP contribution in [0.15, 0.2) is 261 Å². The Labute approximate surface area is 410 Å². The van der Waals surface area contributed by atoms with Crippen LogP contribution in [0.4, 0.5) is 17.1 Å². The third-order valence-electron chi connectivity index (χ3n) is 13.4. The number of thiophene rings is 2. The van der Waals surface area contributed by atoms with Gasteiger partial charge in [0.2, 0.25) is 0 Å². The van der Waals surface area contributed by atoms with Gasteiger partial charge in [-0.15, -0.1) is 22.7 Å². The SMILES string of the molecule is c1ccc(-c2cccc(-c3c(-c4cccc5sc6ccccc6c45)cccc3N(c3cc(-c4ccccc4)cc(-c4ccccc4)c3)c3cccc(-c4cccc5sc6ccccc6c45)c3)c2)cc1. The zero-order valence-corrected chi connectivity index (χ0v) is 39.2. The van der Waals surface area contributed by atoms with Gasteiger partial charge in [0.15, 0.2) is 0 Å². The summed E-state index contributed by atoms with van der Waals surface area (Å²) in [5.74, 6) is 0. The third kappa shape index (κ3) is 7.41. The van der Waals surface area contributed by atoms with E-state index in [0.29, 0.717) is 0 Å². The predicted octanol–water partition coefficient (Wildman–Crippen LogP) is 19.9. The van der Waals surface area contributed by atoms with Crippen LogP contribution in [0.1, 0.15) is 0 Å². The summed E-state index contributed by atoms with van der Waals surface area (Å²) in [7, 11) is 0. The highest BCUT2D eigenvalue weighted by atomic mass is 32.1. The highest BCUT2D eigenvalue weighted by Gasteiger charge is 2.25. The molecule has 0 saturated carbocycles. The average molecular weight is 914 g/mol. The van der Waals surface area contributed by atoms with Crippen molar-refractivity contribution in [2.75, 3.05) is 4.90 Å². The van der Waals surface area contributed by atoms with Gasteiger partial charge in [-0.05, 0) is 128 Å². The van der Waals surface area contributed by atoms with E-state index in [2.05, 4.69) is 266 Å². The molecule has 3 heteroatoms. The fraction of sp³-hybridized carbons (Fsp3) is 0. The summed E-state index contributed by atoms with van der Waals surface area (Å²) in [5, 5.41) is 5.17. The number of nitrogens with zero attached hydrogens (tertiary/aromatic N) is 1. The predicted molar refractivity (Wildman–Crippen MR) is 300 cm³/mol. The van der Waals surface area contributed by atoms with Gasteiger partial charge in [-0.1, -0.05) is 194 Å². The summed E-state index contributed by atoms with van der Waals surface area (Å²) in [6, 6.07) is 96.0. The van der Waals surface area contributed by atoms with Crippen molar-refractivity contribution < 1.29 is 0 Å². The molecule has 0 aliphatic carbocycles. The maximum absolute atomic E-state index is 2.52. The molecule has 0 radical (unpaired) electrons. The zero-order chi connectivity index (χ0) is 45.7. The normalized spacial score (nSPS) is 11.5. The largest absolute Gasteiger partial charge is 0.310 e. The molecule has 0 spiro atoms. The highest BCUT2D eigenvalue weighted by Crippen LogP contribution is 2.51. The molecule has 1 nitrogen and oxygen atoms in total. The molecule has 0 aliphatic heterocycles. The van der Waals surface area contributed by atoms with E-state index < -0.39 is 0 Å². The standard InChI is InChI=1S/C66H43NS2/c1-4-19-44(20-5-1)47-25-14-27-49(39-47)64-55(56-33-18-38-63-66(56)58-30-11-13-36-61(58)69-63)32-16-34-59(64)67(53-42-50(45-21-6-2-7-22-45)40-51(43-53)46-23-8-3-9-24-46)52-28-15-26-48(41-52)54-31-17-37-62-65(54)57-29-10-12-35-60(57)68-62/h1-43H. The van der Waals surface area contributed by atoms with Crippen LogP contribution in [-0.2, 0) is 0 Å². The third-order valence-corrected chi connectivity index (χ3v) is 15.7. The van der Waals surface area contributed by atoms with Crippen LogP contribution in [-0.4, -0.2) is 0 Å². The van der Waals surface area contributed by atoms with E-state index in [1.54, 1.807) is 0 Å². The summed E-state index contributed by atoms with van der Waals surface area (Å²) < 4.78 is 5.17. The Morgan fingerprint density at radius 1 is 0.246 bits per heavy atom. The van der Waals surface area contributed by atoms with E-state index in [-0.39, 0.29) is 0 Å². The van der Waals surface area contributed by atoms with Gasteiger partial charge < -0.3 is 4.90 Å². The minimum atomic E-state index is 1.07. The Hall–Kier alpha value is -8.34. The molecule has 0 aliphatic rings. The van der Waals surface area contributed by atoms with Crippen molar-refractivity contribution in [2.24, 2.45) is 0 Å².